The van der Waals surface area contributed by atoms with Crippen LogP contribution in [0.2, 0.25) is 0 Å². The third-order valence-electron chi connectivity index (χ3n) is 3.19. The molecule has 1 N–H and O–H groups in total. The van der Waals surface area contributed by atoms with Gasteiger partial charge >= 0.3 is 18.2 Å². The Hall–Kier alpha value is -3.03. The van der Waals surface area contributed by atoms with E-state index in [1.165, 1.54) is 12.1 Å². The van der Waals surface area contributed by atoms with Crippen LogP contribution in [0.3, 0.4) is 0 Å². The molecule has 0 aromatic heterocycles. The van der Waals surface area contributed by atoms with Crippen molar-refractivity contribution in [2.75, 3.05) is 11.4 Å². The normalized spacial score (nSPS) is 11.0. The minimum atomic E-state index is -4.72. The number of alkyl halides is 3. The van der Waals surface area contributed by atoms with Crippen LogP contribution in [-0.4, -0.2) is 29.9 Å². The monoisotopic (exact) mass is 353 g/mol. The van der Waals surface area contributed by atoms with Crippen molar-refractivity contribution in [1.29, 1.82) is 0 Å². The van der Waals surface area contributed by atoms with E-state index in [1.54, 1.807) is 30.3 Å². The summed E-state index contributed by atoms with van der Waals surface area (Å²) in [5, 5.41) is 9.14. The van der Waals surface area contributed by atoms with E-state index in [4.69, 9.17) is 9.84 Å². The summed E-state index contributed by atoms with van der Waals surface area (Å²) >= 11 is 0. The number of carbonyl (C=O) groups is 2. The maximum absolute atomic E-state index is 12.9. The molecule has 25 heavy (non-hydrogen) atoms. The van der Waals surface area contributed by atoms with E-state index in [0.717, 1.165) is 12.1 Å². The number of rotatable bonds is 5. The fourth-order valence-electron chi connectivity index (χ4n) is 2.11. The molecule has 2 rings (SSSR count). The Kier molecular flexibility index (Phi) is 5.63. The number of nitrogens with zero attached hydrogens (tertiary/aromatic N) is 1. The Morgan fingerprint density at radius 1 is 1.00 bits per heavy atom. The summed E-state index contributed by atoms with van der Waals surface area (Å²) in [5.74, 6) is -1.45. The van der Waals surface area contributed by atoms with Gasteiger partial charge in [-0.25, -0.2) is 9.59 Å². The molecular weight excluding hydrogens is 339 g/mol. The highest BCUT2D eigenvalue weighted by Gasteiger charge is 2.36. The van der Waals surface area contributed by atoms with Crippen LogP contribution in [0.4, 0.5) is 23.7 Å². The predicted molar refractivity (Wildman–Crippen MR) is 83.4 cm³/mol. The van der Waals surface area contributed by atoms with E-state index in [0.29, 0.717) is 5.56 Å². The van der Waals surface area contributed by atoms with Gasteiger partial charge in [-0.05, 0) is 17.7 Å². The highest BCUT2D eigenvalue weighted by Crippen LogP contribution is 2.26. The molecule has 2 aromatic rings. The van der Waals surface area contributed by atoms with E-state index >= 15 is 0 Å². The van der Waals surface area contributed by atoms with E-state index in [2.05, 4.69) is 0 Å². The number of anilines is 1. The lowest BCUT2D eigenvalue weighted by atomic mass is 10.1. The first-order chi connectivity index (χ1) is 11.8. The fraction of sp³-hybridized carbons (Fsp3) is 0.176. The van der Waals surface area contributed by atoms with Gasteiger partial charge in [-0.3, -0.25) is 4.90 Å². The van der Waals surface area contributed by atoms with Gasteiger partial charge < -0.3 is 9.84 Å². The number of aromatic carboxylic acids is 1. The summed E-state index contributed by atoms with van der Waals surface area (Å²) in [6.45, 7) is -1.89. The smallest absolute Gasteiger partial charge is 0.414 e. The number of halogens is 3. The zero-order chi connectivity index (χ0) is 18.4. The molecule has 0 unspecified atom stereocenters. The molecule has 0 aliphatic rings. The molecule has 5 nitrogen and oxygen atoms in total. The minimum absolute atomic E-state index is 0.233. The Morgan fingerprint density at radius 2 is 1.60 bits per heavy atom. The third kappa shape index (κ3) is 5.23. The third-order valence-corrected chi connectivity index (χ3v) is 3.19. The number of benzene rings is 2. The van der Waals surface area contributed by atoms with Crippen LogP contribution >= 0.6 is 0 Å². The molecule has 0 heterocycles. The standard InChI is InChI=1S/C17H14F3NO4/c18-17(19,20)11-21(14-9-5-4-8-13(14)15(22)23)16(24)25-10-12-6-2-1-3-7-12/h1-9H,10-11H2,(H,22,23). The lowest BCUT2D eigenvalue weighted by Gasteiger charge is -2.24. The van der Waals surface area contributed by atoms with Crippen molar-refractivity contribution in [2.45, 2.75) is 12.8 Å². The van der Waals surface area contributed by atoms with Crippen LogP contribution < -0.4 is 4.90 Å². The number of hydrogen-bond donors (Lipinski definition) is 1. The van der Waals surface area contributed by atoms with Crippen molar-refractivity contribution in [3.05, 3.63) is 65.7 Å². The summed E-state index contributed by atoms with van der Waals surface area (Å²) in [5.41, 5.74) is -0.219. The van der Waals surface area contributed by atoms with Crippen molar-refractivity contribution in [1.82, 2.24) is 0 Å². The van der Waals surface area contributed by atoms with E-state index in [9.17, 15) is 22.8 Å². The predicted octanol–water partition coefficient (Wildman–Crippen LogP) is 4.09. The molecule has 0 aliphatic carbocycles. The lowest BCUT2D eigenvalue weighted by Crippen LogP contribution is -2.40. The second kappa shape index (κ2) is 7.69. The summed E-state index contributed by atoms with van der Waals surface area (Å²) in [4.78, 5) is 23.7. The summed E-state index contributed by atoms with van der Waals surface area (Å²) in [6, 6.07) is 13.4. The summed E-state index contributed by atoms with van der Waals surface area (Å²) < 4.78 is 43.5. The molecule has 1 amide bonds. The van der Waals surface area contributed by atoms with Crippen LogP contribution in [0.5, 0.6) is 0 Å². The molecule has 0 radical (unpaired) electrons. The van der Waals surface area contributed by atoms with Gasteiger partial charge in [0.25, 0.3) is 0 Å². The van der Waals surface area contributed by atoms with Crippen molar-refractivity contribution >= 4 is 17.7 Å². The second-order valence-electron chi connectivity index (χ2n) is 5.06. The van der Waals surface area contributed by atoms with E-state index in [1.807, 2.05) is 0 Å². The van der Waals surface area contributed by atoms with Gasteiger partial charge in [-0.1, -0.05) is 42.5 Å². The maximum Gasteiger partial charge on any atom is 0.414 e. The van der Waals surface area contributed by atoms with E-state index in [-0.39, 0.29) is 17.2 Å². The van der Waals surface area contributed by atoms with Gasteiger partial charge in [0.2, 0.25) is 0 Å². The van der Waals surface area contributed by atoms with Crippen LogP contribution in [0.25, 0.3) is 0 Å². The summed E-state index contributed by atoms with van der Waals surface area (Å²) in [7, 11) is 0. The number of carboxylic acid groups (broad SMARTS) is 1. The largest absolute Gasteiger partial charge is 0.478 e. The van der Waals surface area contributed by atoms with Crippen molar-refractivity contribution in [3.63, 3.8) is 0 Å². The molecule has 0 saturated carbocycles. The molecule has 0 bridgehead atoms. The fourth-order valence-corrected chi connectivity index (χ4v) is 2.11. The van der Waals surface area contributed by atoms with E-state index < -0.39 is 30.3 Å². The molecule has 0 saturated heterocycles. The molecular formula is C17H14F3NO4. The number of carbonyl (C=O) groups excluding carboxylic acids is 1. The van der Waals surface area contributed by atoms with Gasteiger partial charge in [0.05, 0.1) is 11.3 Å². The molecule has 2 aromatic carbocycles. The van der Waals surface area contributed by atoms with Gasteiger partial charge in [0.15, 0.2) is 0 Å². The maximum atomic E-state index is 12.9. The first-order valence-electron chi connectivity index (χ1n) is 7.15. The molecule has 0 aliphatic heterocycles. The Morgan fingerprint density at radius 3 is 2.20 bits per heavy atom. The molecule has 132 valence electrons. The first kappa shape index (κ1) is 18.3. The molecule has 0 fully saturated rings. The van der Waals surface area contributed by atoms with Crippen molar-refractivity contribution in [3.8, 4) is 0 Å². The number of carboxylic acids is 1. The molecule has 0 atom stereocenters. The first-order valence-corrected chi connectivity index (χ1v) is 7.15. The molecule has 8 heteroatoms. The Balaban J connectivity index is 2.27. The van der Waals surface area contributed by atoms with Gasteiger partial charge in [-0.15, -0.1) is 0 Å². The number of ether oxygens (including phenoxy) is 1. The van der Waals surface area contributed by atoms with Gasteiger partial charge in [-0.2, -0.15) is 13.2 Å². The summed E-state index contributed by atoms with van der Waals surface area (Å²) in [6.07, 6.45) is -6.01. The van der Waals surface area contributed by atoms with Crippen LogP contribution in [0.1, 0.15) is 15.9 Å². The highest BCUT2D eigenvalue weighted by molar-refractivity contribution is 5.99. The number of para-hydroxylation sites is 1. The van der Waals surface area contributed by atoms with Crippen LogP contribution in [0.15, 0.2) is 54.6 Å². The minimum Gasteiger partial charge on any atom is -0.478 e. The second-order valence-corrected chi connectivity index (χ2v) is 5.06. The average Bonchev–Trinajstić information content (AvgIpc) is 2.57. The van der Waals surface area contributed by atoms with Gasteiger partial charge in [0.1, 0.15) is 13.2 Å². The topological polar surface area (TPSA) is 66.8 Å². The van der Waals surface area contributed by atoms with Gasteiger partial charge in [0, 0.05) is 0 Å². The highest BCUT2D eigenvalue weighted by atomic mass is 19.4. The SMILES string of the molecule is O=C(O)c1ccccc1N(CC(F)(F)F)C(=O)OCc1ccccc1. The van der Waals surface area contributed by atoms with Crippen molar-refractivity contribution < 1.29 is 32.6 Å². The molecule has 0 spiro atoms. The lowest BCUT2D eigenvalue weighted by molar-refractivity contribution is -0.119. The quantitative estimate of drug-likeness (QED) is 0.879. The van der Waals surface area contributed by atoms with Crippen LogP contribution in [0, 0.1) is 0 Å². The van der Waals surface area contributed by atoms with Crippen molar-refractivity contribution in [2.24, 2.45) is 0 Å². The number of hydrogen-bond acceptors (Lipinski definition) is 3. The zero-order valence-corrected chi connectivity index (χ0v) is 12.9. The Labute approximate surface area is 141 Å². The number of amides is 1. The Bertz CT molecular complexity index is 747. The average molecular weight is 353 g/mol. The zero-order valence-electron chi connectivity index (χ0n) is 12.9. The van der Waals surface area contributed by atoms with Crippen LogP contribution in [-0.2, 0) is 11.3 Å².